The summed E-state index contributed by atoms with van der Waals surface area (Å²) in [5, 5.41) is 13.5. The highest BCUT2D eigenvalue weighted by atomic mass is 19.4. The van der Waals surface area contributed by atoms with E-state index in [0.717, 1.165) is 36.4 Å². The number of benzene rings is 1. The number of hydrazine groups is 1. The van der Waals surface area contributed by atoms with Gasteiger partial charge >= 0.3 is 6.18 Å². The van der Waals surface area contributed by atoms with Gasteiger partial charge < -0.3 is 10.6 Å². The lowest BCUT2D eigenvalue weighted by molar-refractivity contribution is -0.148. The van der Waals surface area contributed by atoms with Crippen molar-refractivity contribution in [2.24, 2.45) is 5.92 Å². The Bertz CT molecular complexity index is 1440. The number of amides is 3. The Morgan fingerprint density at radius 1 is 1.15 bits per heavy atom. The average Bonchev–Trinajstić information content (AvgIpc) is 3.50. The SMILES string of the molecule is Cc1nn(-c2ccc(C(F)(F)F)nc2)cc1NC(=O)C[C@@H](C)C(=O)N[C@@H]1C(=O)N2CCCN2Cc2ccccc21. The van der Waals surface area contributed by atoms with Gasteiger partial charge in [-0.25, -0.2) is 14.7 Å². The second kappa shape index (κ2) is 10.7. The zero-order chi connectivity index (χ0) is 28.6. The van der Waals surface area contributed by atoms with E-state index in [1.54, 1.807) is 18.9 Å². The smallest absolute Gasteiger partial charge is 0.340 e. The molecule has 2 aliphatic rings. The van der Waals surface area contributed by atoms with Crippen LogP contribution in [0.15, 0.2) is 48.8 Å². The fourth-order valence-corrected chi connectivity index (χ4v) is 4.92. The largest absolute Gasteiger partial charge is 0.433 e. The molecule has 3 amide bonds. The predicted molar refractivity (Wildman–Crippen MR) is 138 cm³/mol. The Morgan fingerprint density at radius 2 is 1.93 bits per heavy atom. The van der Waals surface area contributed by atoms with Crippen molar-refractivity contribution in [1.82, 2.24) is 30.1 Å². The van der Waals surface area contributed by atoms with E-state index in [0.29, 0.717) is 24.5 Å². The second-order valence-electron chi connectivity index (χ2n) is 9.97. The molecule has 0 saturated carbocycles. The zero-order valence-electron chi connectivity index (χ0n) is 21.9. The molecule has 4 heterocycles. The minimum absolute atomic E-state index is 0.156. The Hall–Kier alpha value is -4.26. The number of fused-ring (bicyclic) bond motifs is 2. The Balaban J connectivity index is 1.23. The van der Waals surface area contributed by atoms with Crippen LogP contribution >= 0.6 is 0 Å². The molecule has 0 spiro atoms. The van der Waals surface area contributed by atoms with Crippen LogP contribution in [0, 0.1) is 12.8 Å². The summed E-state index contributed by atoms with van der Waals surface area (Å²) in [5.41, 5.74) is 1.75. The van der Waals surface area contributed by atoms with Crippen LogP contribution in [0.2, 0.25) is 0 Å². The van der Waals surface area contributed by atoms with Crippen molar-refractivity contribution in [3.63, 3.8) is 0 Å². The summed E-state index contributed by atoms with van der Waals surface area (Å²) < 4.78 is 39.7. The van der Waals surface area contributed by atoms with Crippen LogP contribution in [0.3, 0.4) is 0 Å². The lowest BCUT2D eigenvalue weighted by Gasteiger charge is -2.28. The summed E-state index contributed by atoms with van der Waals surface area (Å²) >= 11 is 0. The minimum Gasteiger partial charge on any atom is -0.340 e. The maximum absolute atomic E-state index is 13.4. The van der Waals surface area contributed by atoms with Gasteiger partial charge in [0.2, 0.25) is 11.8 Å². The van der Waals surface area contributed by atoms with Crippen molar-refractivity contribution in [2.45, 2.75) is 45.5 Å². The molecule has 13 heteroatoms. The lowest BCUT2D eigenvalue weighted by Crippen LogP contribution is -2.46. The highest BCUT2D eigenvalue weighted by Gasteiger charge is 2.38. The molecule has 1 fully saturated rings. The first kappa shape index (κ1) is 27.3. The van der Waals surface area contributed by atoms with Gasteiger partial charge in [-0.3, -0.25) is 19.4 Å². The van der Waals surface area contributed by atoms with E-state index in [4.69, 9.17) is 0 Å². The van der Waals surface area contributed by atoms with Crippen molar-refractivity contribution in [1.29, 1.82) is 0 Å². The van der Waals surface area contributed by atoms with Gasteiger partial charge in [0.05, 0.1) is 29.5 Å². The van der Waals surface area contributed by atoms with E-state index in [2.05, 4.69) is 20.7 Å². The first-order valence-electron chi connectivity index (χ1n) is 12.9. The summed E-state index contributed by atoms with van der Waals surface area (Å²) in [7, 11) is 0. The highest BCUT2D eigenvalue weighted by Crippen LogP contribution is 2.30. The molecule has 2 N–H and O–H groups in total. The summed E-state index contributed by atoms with van der Waals surface area (Å²) in [4.78, 5) is 42.7. The van der Waals surface area contributed by atoms with Gasteiger partial charge in [0.25, 0.3) is 5.91 Å². The van der Waals surface area contributed by atoms with Crippen molar-refractivity contribution in [3.05, 3.63) is 71.3 Å². The third-order valence-corrected chi connectivity index (χ3v) is 7.05. The molecule has 2 aromatic heterocycles. The van der Waals surface area contributed by atoms with Crippen LogP contribution < -0.4 is 10.6 Å². The van der Waals surface area contributed by atoms with Crippen LogP contribution in [-0.4, -0.2) is 55.6 Å². The average molecular weight is 556 g/mol. The number of nitrogens with zero attached hydrogens (tertiary/aromatic N) is 5. The molecule has 0 aliphatic carbocycles. The molecule has 210 valence electrons. The number of carbonyl (C=O) groups is 3. The molecule has 1 saturated heterocycles. The van der Waals surface area contributed by atoms with Crippen molar-refractivity contribution in [2.75, 3.05) is 18.4 Å². The van der Waals surface area contributed by atoms with E-state index < -0.39 is 35.6 Å². The summed E-state index contributed by atoms with van der Waals surface area (Å²) in [6.07, 6.45) is -1.35. The molecular formula is C27H28F3N7O3. The van der Waals surface area contributed by atoms with Gasteiger partial charge in [-0.15, -0.1) is 0 Å². The first-order chi connectivity index (χ1) is 19.0. The fourth-order valence-electron chi connectivity index (χ4n) is 4.92. The standard InChI is InChI=1S/C27H28F3N7O3/c1-16(25(39)33-24-20-7-4-3-6-18(20)14-35-10-5-11-37(35)26(24)40)12-23(38)32-21-15-36(34-17(21)2)19-8-9-22(31-13-19)27(28,29)30/h3-4,6-9,13,15-16,24H,5,10-12,14H2,1-2H3,(H,32,38)(H,33,39)/t16-,24+/m1/s1. The second-order valence-corrected chi connectivity index (χ2v) is 9.97. The van der Waals surface area contributed by atoms with Gasteiger partial charge in [0.15, 0.2) is 0 Å². The quantitative estimate of drug-likeness (QED) is 0.483. The number of alkyl halides is 3. The van der Waals surface area contributed by atoms with E-state index >= 15 is 0 Å². The van der Waals surface area contributed by atoms with Crippen molar-refractivity contribution < 1.29 is 27.6 Å². The molecule has 10 nitrogen and oxygen atoms in total. The van der Waals surface area contributed by atoms with E-state index in [9.17, 15) is 27.6 Å². The number of aromatic nitrogens is 3. The number of hydrogen-bond acceptors (Lipinski definition) is 6. The van der Waals surface area contributed by atoms with Crippen LogP contribution in [0.5, 0.6) is 0 Å². The number of halogens is 3. The number of hydrogen-bond donors (Lipinski definition) is 2. The molecular weight excluding hydrogens is 527 g/mol. The monoisotopic (exact) mass is 555 g/mol. The molecule has 2 atom stereocenters. The van der Waals surface area contributed by atoms with E-state index in [1.807, 2.05) is 29.3 Å². The first-order valence-corrected chi connectivity index (χ1v) is 12.9. The van der Waals surface area contributed by atoms with Crippen LogP contribution in [0.25, 0.3) is 5.69 Å². The number of pyridine rings is 1. The van der Waals surface area contributed by atoms with Crippen LogP contribution in [-0.2, 0) is 27.1 Å². The van der Waals surface area contributed by atoms with Crippen molar-refractivity contribution >= 4 is 23.4 Å². The molecule has 5 rings (SSSR count). The Morgan fingerprint density at radius 3 is 2.65 bits per heavy atom. The Labute approximate surface area is 228 Å². The zero-order valence-corrected chi connectivity index (χ0v) is 21.9. The van der Waals surface area contributed by atoms with E-state index in [1.165, 1.54) is 16.9 Å². The summed E-state index contributed by atoms with van der Waals surface area (Å²) in [6, 6.07) is 8.75. The van der Waals surface area contributed by atoms with Gasteiger partial charge in [0, 0.05) is 32.0 Å². The third kappa shape index (κ3) is 5.55. The molecule has 0 bridgehead atoms. The summed E-state index contributed by atoms with van der Waals surface area (Å²) in [6.45, 7) is 5.18. The van der Waals surface area contributed by atoms with Gasteiger partial charge in [0.1, 0.15) is 11.7 Å². The third-order valence-electron chi connectivity index (χ3n) is 7.05. The molecule has 0 radical (unpaired) electrons. The topological polar surface area (TPSA) is 112 Å². The maximum Gasteiger partial charge on any atom is 0.433 e. The minimum atomic E-state index is -4.55. The molecule has 2 aliphatic heterocycles. The molecule has 3 aromatic rings. The number of nitrogens with one attached hydrogen (secondary N) is 2. The van der Waals surface area contributed by atoms with Gasteiger partial charge in [-0.05, 0) is 36.6 Å². The highest BCUT2D eigenvalue weighted by molar-refractivity contribution is 5.95. The van der Waals surface area contributed by atoms with Gasteiger partial charge in [-0.2, -0.15) is 18.3 Å². The fraction of sp³-hybridized carbons (Fsp3) is 0.370. The van der Waals surface area contributed by atoms with Crippen LogP contribution in [0.1, 0.15) is 48.3 Å². The number of aryl methyl sites for hydroxylation is 1. The maximum atomic E-state index is 13.4. The van der Waals surface area contributed by atoms with Crippen molar-refractivity contribution in [3.8, 4) is 5.69 Å². The normalized spacial score (nSPS) is 18.1. The molecule has 1 aromatic carbocycles. The Kier molecular flexibility index (Phi) is 7.32. The number of rotatable bonds is 6. The lowest BCUT2D eigenvalue weighted by atomic mass is 9.98. The number of carbonyl (C=O) groups excluding carboxylic acids is 3. The summed E-state index contributed by atoms with van der Waals surface area (Å²) in [5.74, 6) is -1.83. The predicted octanol–water partition coefficient (Wildman–Crippen LogP) is 3.38. The van der Waals surface area contributed by atoms with E-state index in [-0.39, 0.29) is 18.0 Å². The van der Waals surface area contributed by atoms with Crippen LogP contribution in [0.4, 0.5) is 18.9 Å². The molecule has 0 unspecified atom stereocenters. The number of anilines is 1. The molecule has 40 heavy (non-hydrogen) atoms. The van der Waals surface area contributed by atoms with Gasteiger partial charge in [-0.1, -0.05) is 31.2 Å².